The molecule has 0 amide bonds. The molecule has 0 fully saturated rings. The lowest BCUT2D eigenvalue weighted by Gasteiger charge is -2.06. The first kappa shape index (κ1) is 23.0. The number of hydrogen-bond donors (Lipinski definition) is 0. The van der Waals surface area contributed by atoms with Gasteiger partial charge in [0.15, 0.2) is 12.4 Å². The zero-order valence-electron chi connectivity index (χ0n) is 17.7. The van der Waals surface area contributed by atoms with Crippen LogP contribution in [0.2, 0.25) is 0 Å². The van der Waals surface area contributed by atoms with Gasteiger partial charge in [0.2, 0.25) is 6.79 Å². The van der Waals surface area contributed by atoms with Crippen LogP contribution in [0, 0.1) is 11.8 Å². The Labute approximate surface area is 191 Å². The third-order valence-electron chi connectivity index (χ3n) is 4.45. The number of carbonyl (C=O) groups is 3. The van der Waals surface area contributed by atoms with Crippen molar-refractivity contribution < 1.29 is 28.6 Å². The number of ether oxygens (including phenoxy) is 3. The van der Waals surface area contributed by atoms with Gasteiger partial charge in [0.05, 0.1) is 5.56 Å². The summed E-state index contributed by atoms with van der Waals surface area (Å²) in [7, 11) is 0. The van der Waals surface area contributed by atoms with Crippen LogP contribution in [0.1, 0.15) is 21.5 Å². The maximum Gasteiger partial charge on any atom is 0.341 e. The van der Waals surface area contributed by atoms with Gasteiger partial charge in [-0.25, -0.2) is 9.59 Å². The van der Waals surface area contributed by atoms with E-state index in [-0.39, 0.29) is 12.4 Å². The lowest BCUT2D eigenvalue weighted by atomic mass is 10.0. The Balaban J connectivity index is 1.65. The van der Waals surface area contributed by atoms with Crippen molar-refractivity contribution in [1.82, 2.24) is 0 Å². The second kappa shape index (κ2) is 11.1. The first-order valence-electron chi connectivity index (χ1n) is 9.89. The van der Waals surface area contributed by atoms with Gasteiger partial charge >= 0.3 is 11.9 Å². The van der Waals surface area contributed by atoms with E-state index in [2.05, 4.69) is 29.7 Å². The molecule has 0 aliphatic carbocycles. The monoisotopic (exact) mass is 440 g/mol. The van der Waals surface area contributed by atoms with E-state index < -0.39 is 18.7 Å². The number of hydrogen-bond acceptors (Lipinski definition) is 6. The van der Waals surface area contributed by atoms with Crippen molar-refractivity contribution in [1.29, 1.82) is 0 Å². The summed E-state index contributed by atoms with van der Waals surface area (Å²) < 4.78 is 14.9. The van der Waals surface area contributed by atoms with Crippen LogP contribution in [0.3, 0.4) is 0 Å². The van der Waals surface area contributed by atoms with Gasteiger partial charge in [-0.1, -0.05) is 37.1 Å². The zero-order chi connectivity index (χ0) is 23.6. The summed E-state index contributed by atoms with van der Waals surface area (Å²) in [6.45, 7) is 6.14. The molecule has 0 saturated carbocycles. The topological polar surface area (TPSA) is 78.9 Å². The highest BCUT2D eigenvalue weighted by atomic mass is 16.7. The predicted molar refractivity (Wildman–Crippen MR) is 124 cm³/mol. The molecule has 0 aliphatic rings. The average Bonchev–Trinajstić information content (AvgIpc) is 2.85. The van der Waals surface area contributed by atoms with E-state index in [0.29, 0.717) is 11.3 Å². The molecule has 0 spiro atoms. The van der Waals surface area contributed by atoms with Crippen LogP contribution in [-0.2, 0) is 19.1 Å². The van der Waals surface area contributed by atoms with E-state index in [1.165, 1.54) is 6.08 Å². The average molecular weight is 440 g/mol. The molecule has 164 valence electrons. The Bertz CT molecular complexity index is 1280. The molecule has 33 heavy (non-hydrogen) atoms. The van der Waals surface area contributed by atoms with Gasteiger partial charge in [0, 0.05) is 17.2 Å². The highest BCUT2D eigenvalue weighted by molar-refractivity contribution is 5.95. The van der Waals surface area contributed by atoms with Crippen LogP contribution in [-0.4, -0.2) is 31.1 Å². The van der Waals surface area contributed by atoms with Crippen molar-refractivity contribution in [3.8, 4) is 17.6 Å². The molecular weight excluding hydrogens is 420 g/mol. The molecule has 0 N–H and O–H groups in total. The van der Waals surface area contributed by atoms with Crippen molar-refractivity contribution in [2.45, 2.75) is 0 Å². The van der Waals surface area contributed by atoms with Crippen molar-refractivity contribution in [2.75, 3.05) is 13.4 Å². The Kier molecular flexibility index (Phi) is 7.76. The van der Waals surface area contributed by atoms with Crippen LogP contribution in [0.5, 0.6) is 5.75 Å². The van der Waals surface area contributed by atoms with Gasteiger partial charge < -0.3 is 14.2 Å². The van der Waals surface area contributed by atoms with Crippen LogP contribution in [0.15, 0.2) is 86.0 Å². The van der Waals surface area contributed by atoms with E-state index in [0.717, 1.165) is 28.0 Å². The van der Waals surface area contributed by atoms with E-state index >= 15 is 0 Å². The first-order valence-corrected chi connectivity index (χ1v) is 9.89. The number of benzene rings is 3. The molecule has 0 unspecified atom stereocenters. The smallest absolute Gasteiger partial charge is 0.341 e. The lowest BCUT2D eigenvalue weighted by Crippen LogP contribution is -2.11. The molecule has 0 aliphatic heterocycles. The van der Waals surface area contributed by atoms with Gasteiger partial charge in [-0.15, -0.1) is 0 Å². The number of rotatable bonds is 8. The number of ketones is 1. The van der Waals surface area contributed by atoms with Crippen LogP contribution in [0.25, 0.3) is 10.8 Å². The summed E-state index contributed by atoms with van der Waals surface area (Å²) in [6, 6.07) is 17.9. The third kappa shape index (κ3) is 6.68. The SMILES string of the molecule is C=CC(=O)COc1ccc(C#Cc2ccc3cc(C(=O)OCOC(=O)C=C)ccc3c2)cc1. The predicted octanol–water partition coefficient (Wildman–Crippen LogP) is 4.22. The van der Waals surface area contributed by atoms with Crippen LogP contribution in [0.4, 0.5) is 0 Å². The minimum atomic E-state index is -0.667. The Morgan fingerprint density at radius 3 is 2.18 bits per heavy atom. The molecule has 6 nitrogen and oxygen atoms in total. The number of carbonyl (C=O) groups excluding carboxylic acids is 3. The van der Waals surface area contributed by atoms with Crippen molar-refractivity contribution in [3.63, 3.8) is 0 Å². The number of esters is 2. The van der Waals surface area contributed by atoms with Gasteiger partial charge in [-0.05, 0) is 65.4 Å². The van der Waals surface area contributed by atoms with Crippen LogP contribution < -0.4 is 4.74 Å². The Morgan fingerprint density at radius 1 is 0.788 bits per heavy atom. The maximum absolute atomic E-state index is 12.1. The van der Waals surface area contributed by atoms with E-state index in [9.17, 15) is 14.4 Å². The van der Waals surface area contributed by atoms with Crippen LogP contribution >= 0.6 is 0 Å². The standard InChI is InChI=1S/C27H20O6/c1-3-24(28)17-31-25-13-8-19(9-14-25)5-6-20-7-10-22-16-23(12-11-21(22)15-20)27(30)33-18-32-26(29)4-2/h3-4,7-16H,1-2,17-18H2. The Hall–Kier alpha value is -4.63. The minimum absolute atomic E-state index is 0.0478. The molecular formula is C27H20O6. The molecule has 0 saturated heterocycles. The molecule has 0 heterocycles. The normalized spacial score (nSPS) is 9.82. The molecule has 3 rings (SSSR count). The summed E-state index contributed by atoms with van der Waals surface area (Å²) >= 11 is 0. The summed E-state index contributed by atoms with van der Waals surface area (Å²) in [5, 5.41) is 1.75. The fraction of sp³-hybridized carbons (Fsp3) is 0.0741. The molecule has 0 radical (unpaired) electrons. The molecule has 3 aromatic carbocycles. The largest absolute Gasteiger partial charge is 0.485 e. The Morgan fingerprint density at radius 2 is 1.45 bits per heavy atom. The van der Waals surface area contributed by atoms with Gasteiger partial charge in [0.1, 0.15) is 5.75 Å². The molecule has 0 atom stereocenters. The second-order valence-electron chi connectivity index (χ2n) is 6.73. The maximum atomic E-state index is 12.1. The van der Waals surface area contributed by atoms with Crippen molar-refractivity contribution in [2.24, 2.45) is 0 Å². The molecule has 0 bridgehead atoms. The number of fused-ring (bicyclic) bond motifs is 1. The van der Waals surface area contributed by atoms with Crippen molar-refractivity contribution >= 4 is 28.5 Å². The first-order chi connectivity index (χ1) is 16.0. The van der Waals surface area contributed by atoms with Gasteiger partial charge in [0.25, 0.3) is 0 Å². The second-order valence-corrected chi connectivity index (χ2v) is 6.73. The lowest BCUT2D eigenvalue weighted by molar-refractivity contribution is -0.146. The van der Waals surface area contributed by atoms with Gasteiger partial charge in [-0.3, -0.25) is 4.79 Å². The molecule has 0 aromatic heterocycles. The van der Waals surface area contributed by atoms with E-state index in [1.54, 1.807) is 30.3 Å². The quantitative estimate of drug-likeness (QED) is 0.226. The van der Waals surface area contributed by atoms with E-state index in [4.69, 9.17) is 9.47 Å². The zero-order valence-corrected chi connectivity index (χ0v) is 17.7. The summed E-state index contributed by atoms with van der Waals surface area (Å²) in [5.41, 5.74) is 1.95. The van der Waals surface area contributed by atoms with Crippen molar-refractivity contribution in [3.05, 3.63) is 103 Å². The highest BCUT2D eigenvalue weighted by Crippen LogP contribution is 2.19. The molecule has 6 heteroatoms. The van der Waals surface area contributed by atoms with Gasteiger partial charge in [-0.2, -0.15) is 0 Å². The van der Waals surface area contributed by atoms with E-state index in [1.807, 2.05) is 30.3 Å². The third-order valence-corrected chi connectivity index (χ3v) is 4.45. The fourth-order valence-electron chi connectivity index (χ4n) is 2.73. The summed E-state index contributed by atoms with van der Waals surface area (Å²) in [4.78, 5) is 34.3. The minimum Gasteiger partial charge on any atom is -0.485 e. The summed E-state index contributed by atoms with van der Waals surface area (Å²) in [5.74, 6) is 5.32. The molecule has 3 aromatic rings. The fourth-order valence-corrected chi connectivity index (χ4v) is 2.73. The highest BCUT2D eigenvalue weighted by Gasteiger charge is 2.09. The summed E-state index contributed by atoms with van der Waals surface area (Å²) in [6.07, 6.45) is 2.21.